The van der Waals surface area contributed by atoms with Crippen molar-refractivity contribution in [3.05, 3.63) is 42.0 Å². The van der Waals surface area contributed by atoms with Crippen LogP contribution in [0.5, 0.6) is 15.9 Å². The molecule has 0 spiro atoms. The van der Waals surface area contributed by atoms with Crippen molar-refractivity contribution in [3.8, 4) is 15.9 Å². The summed E-state index contributed by atoms with van der Waals surface area (Å²) in [5, 5.41) is 8.25. The molecule has 1 aromatic heterocycles. The van der Waals surface area contributed by atoms with Gasteiger partial charge in [0.1, 0.15) is 5.75 Å². The van der Waals surface area contributed by atoms with Crippen molar-refractivity contribution >= 4 is 17.2 Å². The van der Waals surface area contributed by atoms with Crippen molar-refractivity contribution in [2.75, 3.05) is 7.11 Å². The first kappa shape index (κ1) is 15.5. The second kappa shape index (κ2) is 6.45. The predicted octanol–water partition coefficient (Wildman–Crippen LogP) is 3.17. The molecule has 1 aromatic carbocycles. The summed E-state index contributed by atoms with van der Waals surface area (Å²) in [7, 11) is 1.63. The minimum Gasteiger partial charge on any atom is -0.487 e. The van der Waals surface area contributed by atoms with Gasteiger partial charge in [-0.1, -0.05) is 11.3 Å². The Labute approximate surface area is 145 Å². The smallest absolute Gasteiger partial charge is 0.251 e. The Hall–Kier alpha value is -2.05. The highest BCUT2D eigenvalue weighted by Crippen LogP contribution is 2.34. The Morgan fingerprint density at radius 3 is 2.58 bits per heavy atom. The number of carbonyl (C=O) groups excluding carboxylic acids is 1. The number of amides is 1. The van der Waals surface area contributed by atoms with Gasteiger partial charge in [0.15, 0.2) is 10.1 Å². The molecule has 0 radical (unpaired) electrons. The molecule has 24 heavy (non-hydrogen) atoms. The van der Waals surface area contributed by atoms with Crippen LogP contribution < -0.4 is 20.1 Å². The molecule has 2 N–H and O–H groups in total. The molecular formula is C18H20N2O3S. The van der Waals surface area contributed by atoms with Crippen molar-refractivity contribution in [1.29, 1.82) is 0 Å². The molecule has 0 unspecified atom stereocenters. The van der Waals surface area contributed by atoms with Crippen LogP contribution in [0, 0.1) is 0 Å². The number of rotatable bonds is 5. The van der Waals surface area contributed by atoms with Crippen LogP contribution in [0.15, 0.2) is 36.4 Å². The molecule has 126 valence electrons. The summed E-state index contributed by atoms with van der Waals surface area (Å²) < 4.78 is 10.9. The normalized spacial score (nSPS) is 24.8. The summed E-state index contributed by atoms with van der Waals surface area (Å²) in [6.07, 6.45) is 3.43. The Morgan fingerprint density at radius 1 is 1.17 bits per heavy atom. The van der Waals surface area contributed by atoms with Crippen molar-refractivity contribution < 1.29 is 14.3 Å². The van der Waals surface area contributed by atoms with E-state index in [1.165, 1.54) is 17.8 Å². The van der Waals surface area contributed by atoms with Gasteiger partial charge in [0.2, 0.25) is 0 Å². The van der Waals surface area contributed by atoms with Gasteiger partial charge in [-0.3, -0.25) is 4.79 Å². The quantitative estimate of drug-likeness (QED) is 0.875. The molecule has 3 heterocycles. The molecule has 6 heteroatoms. The number of benzene rings is 1. The van der Waals surface area contributed by atoms with Crippen LogP contribution in [0.2, 0.25) is 0 Å². The molecule has 0 saturated carbocycles. The van der Waals surface area contributed by atoms with Crippen molar-refractivity contribution in [3.63, 3.8) is 0 Å². The third-order valence-corrected chi connectivity index (χ3v) is 5.63. The summed E-state index contributed by atoms with van der Waals surface area (Å²) >= 11 is 1.44. The first-order valence-electron chi connectivity index (χ1n) is 8.20. The molecule has 2 bridgehead atoms. The molecular weight excluding hydrogens is 324 g/mol. The molecule has 1 amide bonds. The van der Waals surface area contributed by atoms with Crippen LogP contribution in [0.1, 0.15) is 29.6 Å². The average molecular weight is 344 g/mol. The summed E-state index contributed by atoms with van der Waals surface area (Å²) in [6, 6.07) is 12.3. The summed E-state index contributed by atoms with van der Waals surface area (Å²) in [5.41, 5.74) is 0.661. The molecule has 2 aliphatic heterocycles. The first-order valence-corrected chi connectivity index (χ1v) is 9.01. The van der Waals surface area contributed by atoms with Gasteiger partial charge in [-0.25, -0.2) is 0 Å². The fourth-order valence-electron chi connectivity index (χ4n) is 3.49. The van der Waals surface area contributed by atoms with Crippen molar-refractivity contribution in [1.82, 2.24) is 10.6 Å². The number of hydrogen-bond acceptors (Lipinski definition) is 5. The highest BCUT2D eigenvalue weighted by Gasteiger charge is 2.39. The number of ether oxygens (including phenoxy) is 2. The maximum Gasteiger partial charge on any atom is 0.251 e. The van der Waals surface area contributed by atoms with Crippen LogP contribution >= 0.6 is 11.3 Å². The maximum atomic E-state index is 12.4. The van der Waals surface area contributed by atoms with E-state index in [1.54, 1.807) is 19.2 Å². The maximum absolute atomic E-state index is 12.4. The Balaban J connectivity index is 1.37. The lowest BCUT2D eigenvalue weighted by molar-refractivity contribution is 0.0931. The van der Waals surface area contributed by atoms with Gasteiger partial charge in [0.25, 0.3) is 5.91 Å². The van der Waals surface area contributed by atoms with Gasteiger partial charge in [-0.05, 0) is 55.7 Å². The first-order chi connectivity index (χ1) is 11.7. The summed E-state index contributed by atoms with van der Waals surface area (Å²) in [6.45, 7) is 0. The fraction of sp³-hybridized carbons (Fsp3) is 0.389. The predicted molar refractivity (Wildman–Crippen MR) is 93.2 cm³/mol. The molecule has 0 aliphatic carbocycles. The Kier molecular flexibility index (Phi) is 4.16. The summed E-state index contributed by atoms with van der Waals surface area (Å²) in [5.74, 6) is 0.691. The molecule has 2 aliphatic rings. The molecule has 4 rings (SSSR count). The van der Waals surface area contributed by atoms with Crippen molar-refractivity contribution in [2.24, 2.45) is 0 Å². The minimum atomic E-state index is -0.0151. The monoisotopic (exact) mass is 344 g/mol. The summed E-state index contributed by atoms with van der Waals surface area (Å²) in [4.78, 5) is 12.4. The molecule has 2 fully saturated rings. The zero-order valence-corrected chi connectivity index (χ0v) is 14.3. The number of carbonyl (C=O) groups is 1. The number of fused-ring (bicyclic) bond motifs is 2. The average Bonchev–Trinajstić information content (AvgIpc) is 3.32. The van der Waals surface area contributed by atoms with Crippen molar-refractivity contribution in [2.45, 2.75) is 37.4 Å². The SMILES string of the molecule is COc1ccc(Oc2ccc(C(=O)N[C@@H]3C[C@H]4CC[C@@H]3N4)cc2)s1. The molecule has 3 atom stereocenters. The molecule has 5 nitrogen and oxygen atoms in total. The zero-order chi connectivity index (χ0) is 16.5. The fourth-order valence-corrected chi connectivity index (χ4v) is 4.19. The van der Waals surface area contributed by atoms with E-state index in [0.717, 1.165) is 23.0 Å². The zero-order valence-electron chi connectivity index (χ0n) is 13.5. The largest absolute Gasteiger partial charge is 0.487 e. The van der Waals surface area contributed by atoms with Gasteiger partial charge in [0, 0.05) is 23.7 Å². The molecule has 2 aromatic rings. The van der Waals surface area contributed by atoms with Crippen LogP contribution in [0.4, 0.5) is 0 Å². The highest BCUT2D eigenvalue weighted by molar-refractivity contribution is 7.15. The van der Waals surface area contributed by atoms with Gasteiger partial charge in [-0.15, -0.1) is 0 Å². The number of thiophene rings is 1. The van der Waals surface area contributed by atoms with Gasteiger partial charge < -0.3 is 20.1 Å². The Bertz CT molecular complexity index is 728. The van der Waals surface area contributed by atoms with Crippen LogP contribution in [0.3, 0.4) is 0 Å². The van der Waals surface area contributed by atoms with Crippen LogP contribution in [-0.4, -0.2) is 31.1 Å². The van der Waals surface area contributed by atoms with E-state index in [1.807, 2.05) is 24.3 Å². The van der Waals surface area contributed by atoms with E-state index in [-0.39, 0.29) is 11.9 Å². The number of nitrogens with one attached hydrogen (secondary N) is 2. The van der Waals surface area contributed by atoms with Gasteiger partial charge >= 0.3 is 0 Å². The standard InChI is InChI=1S/C18H20N2O3S/c1-22-16-8-9-17(24-16)23-13-5-2-11(3-6-13)18(21)20-15-10-12-4-7-14(15)19-12/h2-3,5-6,8-9,12,14-15,19H,4,7,10H2,1H3,(H,20,21)/t12-,14+,15-/m1/s1. The van der Waals surface area contributed by atoms with E-state index < -0.39 is 0 Å². The molecule has 2 saturated heterocycles. The van der Waals surface area contributed by atoms with E-state index in [9.17, 15) is 4.79 Å². The lowest BCUT2D eigenvalue weighted by atomic mass is 9.95. The van der Waals surface area contributed by atoms with Gasteiger partial charge in [0.05, 0.1) is 7.11 Å². The topological polar surface area (TPSA) is 59.6 Å². The third kappa shape index (κ3) is 3.12. The van der Waals surface area contributed by atoms with Crippen LogP contribution in [0.25, 0.3) is 0 Å². The third-order valence-electron chi connectivity index (χ3n) is 4.71. The van der Waals surface area contributed by atoms with Crippen LogP contribution in [-0.2, 0) is 0 Å². The lowest BCUT2D eigenvalue weighted by Crippen LogP contribution is -2.42. The lowest BCUT2D eigenvalue weighted by Gasteiger charge is -2.21. The van der Waals surface area contributed by atoms with E-state index >= 15 is 0 Å². The number of hydrogen-bond donors (Lipinski definition) is 2. The van der Waals surface area contributed by atoms with E-state index in [0.29, 0.717) is 23.4 Å². The second-order valence-corrected chi connectivity index (χ2v) is 7.28. The second-order valence-electron chi connectivity index (χ2n) is 6.27. The minimum absolute atomic E-state index is 0.0151. The highest BCUT2D eigenvalue weighted by atomic mass is 32.1. The number of methoxy groups -OCH3 is 1. The van der Waals surface area contributed by atoms with E-state index in [4.69, 9.17) is 9.47 Å². The van der Waals surface area contributed by atoms with Gasteiger partial charge in [-0.2, -0.15) is 0 Å². The van der Waals surface area contributed by atoms with E-state index in [2.05, 4.69) is 10.6 Å². The Morgan fingerprint density at radius 2 is 1.96 bits per heavy atom.